The monoisotopic (exact) mass is 302 g/mol. The molecule has 0 fully saturated rings. The molecule has 5 nitrogen and oxygen atoms in total. The molecule has 0 saturated heterocycles. The van der Waals surface area contributed by atoms with Crippen molar-refractivity contribution in [1.29, 1.82) is 0 Å². The molecule has 23 heavy (non-hydrogen) atoms. The zero-order valence-corrected chi connectivity index (χ0v) is 12.5. The molecule has 0 amide bonds. The number of aryl methyl sites for hydroxylation is 1. The molecule has 2 N–H and O–H groups in total. The minimum Gasteiger partial charge on any atom is -0.305 e. The Morgan fingerprint density at radius 3 is 2.61 bits per heavy atom. The van der Waals surface area contributed by atoms with E-state index in [0.29, 0.717) is 5.69 Å². The van der Waals surface area contributed by atoms with Gasteiger partial charge in [0, 0.05) is 10.9 Å². The number of aromatic nitrogens is 4. The predicted octanol–water partition coefficient (Wildman–Crippen LogP) is 3.29. The van der Waals surface area contributed by atoms with Crippen molar-refractivity contribution in [2.24, 2.45) is 0 Å². The summed E-state index contributed by atoms with van der Waals surface area (Å²) in [5.41, 5.74) is 4.79. The number of hydrogen-bond acceptors (Lipinski definition) is 3. The van der Waals surface area contributed by atoms with Crippen molar-refractivity contribution < 1.29 is 0 Å². The van der Waals surface area contributed by atoms with Crippen LogP contribution in [-0.2, 0) is 0 Å². The number of nitrogens with zero attached hydrogens (tertiary/aromatic N) is 2. The highest BCUT2D eigenvalue weighted by atomic mass is 16.1. The molecule has 5 heteroatoms. The normalized spacial score (nSPS) is 11.0. The van der Waals surface area contributed by atoms with Gasteiger partial charge in [-0.05, 0) is 30.7 Å². The summed E-state index contributed by atoms with van der Waals surface area (Å²) >= 11 is 0. The highest BCUT2D eigenvalue weighted by Gasteiger charge is 2.08. The fourth-order valence-electron chi connectivity index (χ4n) is 2.68. The van der Waals surface area contributed by atoms with Crippen molar-refractivity contribution in [3.63, 3.8) is 0 Å². The number of hydrogen-bond donors (Lipinski definition) is 2. The van der Waals surface area contributed by atoms with Gasteiger partial charge in [0.05, 0.1) is 22.6 Å². The molecular weight excluding hydrogens is 288 g/mol. The SMILES string of the molecule is Cc1n[nH]c2ccc(-c3cc(-c4ccccc4)[nH]c(=O)n3)cc12. The highest BCUT2D eigenvalue weighted by molar-refractivity contribution is 5.86. The Morgan fingerprint density at radius 2 is 1.78 bits per heavy atom. The van der Waals surface area contributed by atoms with E-state index in [0.717, 1.165) is 33.4 Å². The average Bonchev–Trinajstić information content (AvgIpc) is 2.96. The molecule has 2 aromatic carbocycles. The maximum Gasteiger partial charge on any atom is 0.345 e. The molecule has 2 aromatic heterocycles. The number of H-pyrrole nitrogens is 2. The molecule has 0 saturated carbocycles. The van der Waals surface area contributed by atoms with E-state index in [1.807, 2.05) is 61.5 Å². The number of benzene rings is 2. The lowest BCUT2D eigenvalue weighted by Crippen LogP contribution is -2.11. The van der Waals surface area contributed by atoms with Gasteiger partial charge in [-0.3, -0.25) is 5.10 Å². The van der Waals surface area contributed by atoms with Crippen LogP contribution in [0.2, 0.25) is 0 Å². The van der Waals surface area contributed by atoms with E-state index in [9.17, 15) is 4.79 Å². The van der Waals surface area contributed by atoms with Gasteiger partial charge in [-0.2, -0.15) is 10.1 Å². The zero-order chi connectivity index (χ0) is 15.8. The van der Waals surface area contributed by atoms with Crippen molar-refractivity contribution in [1.82, 2.24) is 20.2 Å². The van der Waals surface area contributed by atoms with Gasteiger partial charge in [-0.15, -0.1) is 0 Å². The molecule has 4 aromatic rings. The summed E-state index contributed by atoms with van der Waals surface area (Å²) in [7, 11) is 0. The van der Waals surface area contributed by atoms with E-state index < -0.39 is 0 Å². The van der Waals surface area contributed by atoms with E-state index in [-0.39, 0.29) is 5.69 Å². The maximum absolute atomic E-state index is 12.0. The topological polar surface area (TPSA) is 74.4 Å². The highest BCUT2D eigenvalue weighted by Crippen LogP contribution is 2.25. The van der Waals surface area contributed by atoms with Gasteiger partial charge in [0.15, 0.2) is 0 Å². The van der Waals surface area contributed by atoms with E-state index >= 15 is 0 Å². The first-order valence-electron chi connectivity index (χ1n) is 7.32. The molecule has 0 radical (unpaired) electrons. The van der Waals surface area contributed by atoms with Gasteiger partial charge < -0.3 is 4.98 Å². The Morgan fingerprint density at radius 1 is 0.957 bits per heavy atom. The van der Waals surface area contributed by atoms with Crippen LogP contribution in [0, 0.1) is 6.92 Å². The molecule has 0 atom stereocenters. The van der Waals surface area contributed by atoms with Crippen molar-refractivity contribution in [3.05, 3.63) is 70.8 Å². The summed E-state index contributed by atoms with van der Waals surface area (Å²) in [6.07, 6.45) is 0. The summed E-state index contributed by atoms with van der Waals surface area (Å²) in [5.74, 6) is 0. The summed E-state index contributed by atoms with van der Waals surface area (Å²) in [4.78, 5) is 18.9. The first-order valence-corrected chi connectivity index (χ1v) is 7.32. The van der Waals surface area contributed by atoms with Crippen LogP contribution in [0.15, 0.2) is 59.4 Å². The van der Waals surface area contributed by atoms with Crippen molar-refractivity contribution in [2.75, 3.05) is 0 Å². The second-order valence-electron chi connectivity index (χ2n) is 5.42. The molecule has 0 aliphatic rings. The number of aromatic amines is 2. The van der Waals surface area contributed by atoms with Crippen molar-refractivity contribution in [3.8, 4) is 22.5 Å². The lowest BCUT2D eigenvalue weighted by Gasteiger charge is -2.05. The maximum atomic E-state index is 12.0. The van der Waals surface area contributed by atoms with Gasteiger partial charge in [-0.1, -0.05) is 36.4 Å². The Kier molecular flexibility index (Phi) is 3.05. The van der Waals surface area contributed by atoms with Crippen LogP contribution >= 0.6 is 0 Å². The summed E-state index contributed by atoms with van der Waals surface area (Å²) < 4.78 is 0. The molecule has 4 rings (SSSR count). The minimum absolute atomic E-state index is 0.356. The largest absolute Gasteiger partial charge is 0.345 e. The standard InChI is InChI=1S/C18H14N4O/c1-11-14-9-13(7-8-15(14)22-21-11)17-10-16(19-18(23)20-17)12-5-3-2-4-6-12/h2-10H,1H3,(H,21,22)(H,19,20,23). The third-order valence-corrected chi connectivity index (χ3v) is 3.88. The summed E-state index contributed by atoms with van der Waals surface area (Å²) in [6, 6.07) is 17.5. The molecule has 2 heterocycles. The Hall–Kier alpha value is -3.21. The third kappa shape index (κ3) is 2.42. The number of nitrogens with one attached hydrogen (secondary N) is 2. The Bertz CT molecular complexity index is 1050. The van der Waals surface area contributed by atoms with Gasteiger partial charge in [0.2, 0.25) is 0 Å². The van der Waals surface area contributed by atoms with Crippen LogP contribution in [0.5, 0.6) is 0 Å². The summed E-state index contributed by atoms with van der Waals surface area (Å²) in [5, 5.41) is 8.21. The minimum atomic E-state index is -0.356. The second-order valence-corrected chi connectivity index (χ2v) is 5.42. The summed E-state index contributed by atoms with van der Waals surface area (Å²) in [6.45, 7) is 1.95. The lowest BCUT2D eigenvalue weighted by molar-refractivity contribution is 1.07. The van der Waals surface area contributed by atoms with Gasteiger partial charge >= 0.3 is 5.69 Å². The van der Waals surface area contributed by atoms with Gasteiger partial charge in [0.1, 0.15) is 0 Å². The molecule has 0 spiro atoms. The predicted molar refractivity (Wildman–Crippen MR) is 90.1 cm³/mol. The lowest BCUT2D eigenvalue weighted by atomic mass is 10.1. The van der Waals surface area contributed by atoms with Gasteiger partial charge in [-0.25, -0.2) is 4.79 Å². The Labute approximate surface area is 132 Å². The van der Waals surface area contributed by atoms with Crippen molar-refractivity contribution in [2.45, 2.75) is 6.92 Å². The number of fused-ring (bicyclic) bond motifs is 1. The third-order valence-electron chi connectivity index (χ3n) is 3.88. The van der Waals surface area contributed by atoms with E-state index in [2.05, 4.69) is 20.2 Å². The van der Waals surface area contributed by atoms with E-state index in [1.165, 1.54) is 0 Å². The number of rotatable bonds is 2. The van der Waals surface area contributed by atoms with Crippen LogP contribution in [0.1, 0.15) is 5.69 Å². The molecule has 0 unspecified atom stereocenters. The molecule has 0 aliphatic carbocycles. The second kappa shape index (κ2) is 5.21. The van der Waals surface area contributed by atoms with Gasteiger partial charge in [0.25, 0.3) is 0 Å². The quantitative estimate of drug-likeness (QED) is 0.596. The zero-order valence-electron chi connectivity index (χ0n) is 12.5. The van der Waals surface area contributed by atoms with Crippen LogP contribution < -0.4 is 5.69 Å². The van der Waals surface area contributed by atoms with E-state index in [4.69, 9.17) is 0 Å². The van der Waals surface area contributed by atoms with E-state index in [1.54, 1.807) is 0 Å². The van der Waals surface area contributed by atoms with Crippen molar-refractivity contribution >= 4 is 10.9 Å². The average molecular weight is 302 g/mol. The molecule has 0 bridgehead atoms. The molecule has 0 aliphatic heterocycles. The first kappa shape index (κ1) is 13.5. The van der Waals surface area contributed by atoms with Crippen LogP contribution in [0.3, 0.4) is 0 Å². The van der Waals surface area contributed by atoms with Crippen LogP contribution in [0.25, 0.3) is 33.4 Å². The van der Waals surface area contributed by atoms with Crippen LogP contribution in [0.4, 0.5) is 0 Å². The molecule has 112 valence electrons. The fourth-order valence-corrected chi connectivity index (χ4v) is 2.68. The first-order chi connectivity index (χ1) is 11.2. The smallest absolute Gasteiger partial charge is 0.305 e. The fraction of sp³-hybridized carbons (Fsp3) is 0.0556. The molecular formula is C18H14N4O. The Balaban J connectivity index is 1.89. The van der Waals surface area contributed by atoms with Crippen LogP contribution in [-0.4, -0.2) is 20.2 Å².